The van der Waals surface area contributed by atoms with E-state index in [4.69, 9.17) is 10.5 Å². The van der Waals surface area contributed by atoms with Crippen molar-refractivity contribution in [3.63, 3.8) is 0 Å². The summed E-state index contributed by atoms with van der Waals surface area (Å²) in [6.45, 7) is 1.45. The molecule has 0 fully saturated rings. The highest BCUT2D eigenvalue weighted by atomic mass is 19.4. The highest BCUT2D eigenvalue weighted by Gasteiger charge is 2.32. The lowest BCUT2D eigenvalue weighted by atomic mass is 10.2. The van der Waals surface area contributed by atoms with Crippen LogP contribution < -0.4 is 15.2 Å². The molecule has 0 saturated carbocycles. The molecule has 0 atom stereocenters. The van der Waals surface area contributed by atoms with Gasteiger partial charge in [-0.25, -0.2) is 4.98 Å². The number of nitrogens with zero attached hydrogens (tertiary/aromatic N) is 1. The van der Waals surface area contributed by atoms with E-state index in [1.165, 1.54) is 14.0 Å². The Morgan fingerprint density at radius 1 is 1.44 bits per heavy atom. The number of hydrogen-bond acceptors (Lipinski definition) is 4. The molecule has 2 N–H and O–H groups in total. The van der Waals surface area contributed by atoms with Gasteiger partial charge < -0.3 is 15.2 Å². The minimum Gasteiger partial charge on any atom is -0.481 e. The summed E-state index contributed by atoms with van der Waals surface area (Å²) < 4.78 is 44.9. The molecule has 1 rings (SSSR count). The van der Waals surface area contributed by atoms with Crippen molar-refractivity contribution in [1.29, 1.82) is 0 Å². The predicted molar refractivity (Wildman–Crippen MR) is 50.1 cm³/mol. The summed E-state index contributed by atoms with van der Waals surface area (Å²) in [5, 5.41) is 0. The monoisotopic (exact) mass is 236 g/mol. The molecular weight excluding hydrogens is 225 g/mol. The van der Waals surface area contributed by atoms with E-state index in [2.05, 4.69) is 9.72 Å². The third kappa shape index (κ3) is 2.99. The fourth-order valence-corrected chi connectivity index (χ4v) is 1.21. The molecule has 1 aromatic heterocycles. The Morgan fingerprint density at radius 3 is 2.50 bits per heavy atom. The Bertz CT molecular complexity index is 380. The maximum absolute atomic E-state index is 12.1. The van der Waals surface area contributed by atoms with Crippen LogP contribution in [0.4, 0.5) is 13.2 Å². The zero-order chi connectivity index (χ0) is 12.3. The lowest BCUT2D eigenvalue weighted by Crippen LogP contribution is -2.19. The van der Waals surface area contributed by atoms with Gasteiger partial charge >= 0.3 is 6.36 Å². The van der Waals surface area contributed by atoms with Crippen molar-refractivity contribution < 1.29 is 22.6 Å². The lowest BCUT2D eigenvalue weighted by molar-refractivity contribution is -0.274. The van der Waals surface area contributed by atoms with E-state index in [1.54, 1.807) is 0 Å². The van der Waals surface area contributed by atoms with Gasteiger partial charge in [0.15, 0.2) is 0 Å². The minimum atomic E-state index is -4.76. The van der Waals surface area contributed by atoms with Gasteiger partial charge in [0.1, 0.15) is 5.75 Å². The van der Waals surface area contributed by atoms with Crippen LogP contribution in [0.15, 0.2) is 6.07 Å². The summed E-state index contributed by atoms with van der Waals surface area (Å²) in [6.07, 6.45) is -4.76. The molecule has 0 radical (unpaired) electrons. The number of rotatable bonds is 3. The highest BCUT2D eigenvalue weighted by molar-refractivity contribution is 5.40. The van der Waals surface area contributed by atoms with E-state index in [0.717, 1.165) is 6.07 Å². The normalized spacial score (nSPS) is 11.4. The second-order valence-electron chi connectivity index (χ2n) is 2.98. The number of ether oxygens (including phenoxy) is 2. The quantitative estimate of drug-likeness (QED) is 0.868. The molecule has 0 saturated heterocycles. The molecule has 0 unspecified atom stereocenters. The summed E-state index contributed by atoms with van der Waals surface area (Å²) in [7, 11) is 1.31. The van der Waals surface area contributed by atoms with Crippen LogP contribution in [0.25, 0.3) is 0 Å². The number of methoxy groups -OCH3 is 1. The third-order valence-corrected chi connectivity index (χ3v) is 1.91. The lowest BCUT2D eigenvalue weighted by Gasteiger charge is -2.14. The van der Waals surface area contributed by atoms with Crippen molar-refractivity contribution in [2.75, 3.05) is 7.11 Å². The average Bonchev–Trinajstić information content (AvgIpc) is 2.14. The van der Waals surface area contributed by atoms with Gasteiger partial charge in [0, 0.05) is 23.9 Å². The molecule has 0 aliphatic carbocycles. The van der Waals surface area contributed by atoms with Gasteiger partial charge in [-0.15, -0.1) is 13.2 Å². The first-order chi connectivity index (χ1) is 7.37. The summed E-state index contributed by atoms with van der Waals surface area (Å²) in [5.41, 5.74) is 5.89. The number of aromatic nitrogens is 1. The van der Waals surface area contributed by atoms with Crippen molar-refractivity contribution in [3.8, 4) is 11.6 Å². The van der Waals surface area contributed by atoms with Gasteiger partial charge in [0.2, 0.25) is 5.88 Å². The molecule has 16 heavy (non-hydrogen) atoms. The molecule has 0 spiro atoms. The van der Waals surface area contributed by atoms with E-state index >= 15 is 0 Å². The Labute approximate surface area is 90.2 Å². The van der Waals surface area contributed by atoms with Gasteiger partial charge in [-0.3, -0.25) is 0 Å². The number of aryl methyl sites for hydroxylation is 1. The van der Waals surface area contributed by atoms with Crippen LogP contribution in [-0.2, 0) is 6.54 Å². The molecule has 4 nitrogen and oxygen atoms in total. The molecule has 0 aliphatic rings. The topological polar surface area (TPSA) is 57.4 Å². The first-order valence-electron chi connectivity index (χ1n) is 4.37. The van der Waals surface area contributed by atoms with Gasteiger partial charge in [-0.1, -0.05) is 0 Å². The van der Waals surface area contributed by atoms with Crippen molar-refractivity contribution in [2.24, 2.45) is 5.73 Å². The first-order valence-corrected chi connectivity index (χ1v) is 4.37. The molecule has 0 aliphatic heterocycles. The van der Waals surface area contributed by atoms with Crippen LogP contribution in [0.3, 0.4) is 0 Å². The second-order valence-corrected chi connectivity index (χ2v) is 2.98. The standard InChI is InChI=1S/C9H11F3N2O2/c1-5-6(4-13)7(16-9(10,11)12)3-8(14-5)15-2/h3H,4,13H2,1-2H3. The number of halogens is 3. The SMILES string of the molecule is COc1cc(OC(F)(F)F)c(CN)c(C)n1. The number of alkyl halides is 3. The Hall–Kier alpha value is -1.50. The van der Waals surface area contributed by atoms with Crippen LogP contribution in [0, 0.1) is 6.92 Å². The molecule has 90 valence electrons. The van der Waals surface area contributed by atoms with Crippen molar-refractivity contribution in [2.45, 2.75) is 19.8 Å². The van der Waals surface area contributed by atoms with Gasteiger partial charge in [-0.05, 0) is 6.92 Å². The average molecular weight is 236 g/mol. The third-order valence-electron chi connectivity index (χ3n) is 1.91. The molecule has 7 heteroatoms. The van der Waals surface area contributed by atoms with Crippen LogP contribution >= 0.6 is 0 Å². The molecular formula is C9H11F3N2O2. The van der Waals surface area contributed by atoms with E-state index in [0.29, 0.717) is 5.69 Å². The van der Waals surface area contributed by atoms with Crippen LogP contribution in [0.2, 0.25) is 0 Å². The Morgan fingerprint density at radius 2 is 2.06 bits per heavy atom. The smallest absolute Gasteiger partial charge is 0.481 e. The van der Waals surface area contributed by atoms with Gasteiger partial charge in [0.25, 0.3) is 0 Å². The largest absolute Gasteiger partial charge is 0.573 e. The van der Waals surface area contributed by atoms with Crippen LogP contribution in [0.1, 0.15) is 11.3 Å². The number of nitrogens with two attached hydrogens (primary N) is 1. The van der Waals surface area contributed by atoms with E-state index in [-0.39, 0.29) is 23.7 Å². The fourth-order valence-electron chi connectivity index (χ4n) is 1.21. The Balaban J connectivity index is 3.18. The van der Waals surface area contributed by atoms with Crippen molar-refractivity contribution in [3.05, 3.63) is 17.3 Å². The first kappa shape index (κ1) is 12.6. The Kier molecular flexibility index (Phi) is 3.58. The number of pyridine rings is 1. The van der Waals surface area contributed by atoms with Crippen molar-refractivity contribution in [1.82, 2.24) is 4.98 Å². The summed E-state index contributed by atoms with van der Waals surface area (Å²) in [6, 6.07) is 1.06. The molecule has 0 amide bonds. The molecule has 1 heterocycles. The minimum absolute atomic E-state index is 0.0500. The molecule has 0 bridgehead atoms. The highest BCUT2D eigenvalue weighted by Crippen LogP contribution is 2.30. The van der Waals surface area contributed by atoms with E-state index in [9.17, 15) is 13.2 Å². The molecule has 1 aromatic rings. The fraction of sp³-hybridized carbons (Fsp3) is 0.444. The van der Waals surface area contributed by atoms with E-state index < -0.39 is 6.36 Å². The summed E-state index contributed by atoms with van der Waals surface area (Å²) in [5.74, 6) is -0.326. The molecule has 0 aromatic carbocycles. The number of hydrogen-bond donors (Lipinski definition) is 1. The van der Waals surface area contributed by atoms with E-state index in [1.807, 2.05) is 0 Å². The second kappa shape index (κ2) is 4.56. The van der Waals surface area contributed by atoms with Gasteiger partial charge in [0.05, 0.1) is 7.11 Å². The van der Waals surface area contributed by atoms with Crippen molar-refractivity contribution >= 4 is 0 Å². The summed E-state index contributed by atoms with van der Waals surface area (Å²) in [4.78, 5) is 3.90. The summed E-state index contributed by atoms with van der Waals surface area (Å²) >= 11 is 0. The van der Waals surface area contributed by atoms with Crippen LogP contribution in [0.5, 0.6) is 11.6 Å². The maximum Gasteiger partial charge on any atom is 0.573 e. The zero-order valence-corrected chi connectivity index (χ0v) is 8.76. The maximum atomic E-state index is 12.1. The zero-order valence-electron chi connectivity index (χ0n) is 8.76. The predicted octanol–water partition coefficient (Wildman–Crippen LogP) is 1.76. The van der Waals surface area contributed by atoms with Crippen LogP contribution in [-0.4, -0.2) is 18.5 Å². The van der Waals surface area contributed by atoms with Gasteiger partial charge in [-0.2, -0.15) is 0 Å².